The summed E-state index contributed by atoms with van der Waals surface area (Å²) >= 11 is 0. The molecule has 1 saturated heterocycles. The number of hydrogen-bond acceptors (Lipinski definition) is 11. The molecule has 1 aliphatic rings. The second kappa shape index (κ2) is 9.23. The molecule has 1 aliphatic heterocycles. The Labute approximate surface area is 182 Å². The topological polar surface area (TPSA) is 250 Å². The Bertz CT molecular complexity index is 1170. The highest BCUT2D eigenvalue weighted by Crippen LogP contribution is 2.66. The van der Waals surface area contributed by atoms with E-state index in [0.29, 0.717) is 6.20 Å². The third kappa shape index (κ3) is 6.31. The van der Waals surface area contributed by atoms with Crippen molar-refractivity contribution in [2.75, 3.05) is 5.73 Å². The van der Waals surface area contributed by atoms with Gasteiger partial charge in [-0.3, -0.25) is 9.09 Å². The number of aromatic nitrogens is 2. The SMILES string of the molecule is C#CC1(F)[C@@H](O)[C@@H]([C@@H](C)OP(=O)(O)OP(=O)(O)OP(=O)(O)O)O[C@H]1n1cc(F)c(N)nc1=O. The molecule has 7 atom stereocenters. The molecule has 3 unspecified atom stereocenters. The molecule has 1 aromatic heterocycles. The van der Waals surface area contributed by atoms with Crippen LogP contribution < -0.4 is 11.4 Å². The van der Waals surface area contributed by atoms with E-state index in [4.69, 9.17) is 31.6 Å². The van der Waals surface area contributed by atoms with Crippen molar-refractivity contribution in [2.24, 2.45) is 0 Å². The molecule has 21 heteroatoms. The number of nitrogens with two attached hydrogens (primary N) is 1. The third-order valence-corrected chi connectivity index (χ3v) is 7.90. The molecule has 33 heavy (non-hydrogen) atoms. The summed E-state index contributed by atoms with van der Waals surface area (Å²) in [6.45, 7) is 0.857. The molecule has 1 fully saturated rings. The van der Waals surface area contributed by atoms with Crippen LogP contribution in [0.15, 0.2) is 11.0 Å². The molecule has 0 amide bonds. The Morgan fingerprint density at radius 1 is 1.30 bits per heavy atom. The monoisotopic (exact) mass is 541 g/mol. The minimum absolute atomic E-state index is 0.215. The Hall–Kier alpha value is -1.57. The maximum absolute atomic E-state index is 15.3. The fourth-order valence-electron chi connectivity index (χ4n) is 2.69. The van der Waals surface area contributed by atoms with Crippen molar-refractivity contribution in [3.63, 3.8) is 0 Å². The Balaban J connectivity index is 2.31. The fourth-order valence-corrected chi connectivity index (χ4v) is 5.89. The lowest BCUT2D eigenvalue weighted by Gasteiger charge is -2.25. The number of ether oxygens (including phenoxy) is 1. The maximum atomic E-state index is 15.3. The van der Waals surface area contributed by atoms with Gasteiger partial charge in [0.15, 0.2) is 17.9 Å². The van der Waals surface area contributed by atoms with Crippen molar-refractivity contribution in [1.29, 1.82) is 0 Å². The number of terminal acetylenes is 1. The van der Waals surface area contributed by atoms with Gasteiger partial charge in [0.1, 0.15) is 12.2 Å². The molecular formula is C12H16F2N3O13P3. The minimum atomic E-state index is -5.86. The van der Waals surface area contributed by atoms with E-state index >= 15 is 4.39 Å². The predicted octanol–water partition coefficient (Wildman–Crippen LogP) is -0.704. The average molecular weight is 541 g/mol. The number of anilines is 1. The summed E-state index contributed by atoms with van der Waals surface area (Å²) < 4.78 is 79.9. The normalized spacial score (nSPS) is 30.2. The summed E-state index contributed by atoms with van der Waals surface area (Å²) in [6, 6.07) is 0. The smallest absolute Gasteiger partial charge is 0.386 e. The molecule has 0 aromatic carbocycles. The molecule has 2 rings (SSSR count). The molecular weight excluding hydrogens is 525 g/mol. The number of nitrogens with zero attached hydrogens (tertiary/aromatic N) is 2. The maximum Gasteiger partial charge on any atom is 0.490 e. The van der Waals surface area contributed by atoms with Crippen molar-refractivity contribution in [2.45, 2.75) is 37.1 Å². The van der Waals surface area contributed by atoms with Gasteiger partial charge in [0.2, 0.25) is 5.67 Å². The van der Waals surface area contributed by atoms with Crippen LogP contribution in [0.25, 0.3) is 0 Å². The number of rotatable bonds is 8. The van der Waals surface area contributed by atoms with Crippen molar-refractivity contribution in [1.82, 2.24) is 9.55 Å². The van der Waals surface area contributed by atoms with Crippen LogP contribution in [0.1, 0.15) is 13.2 Å². The van der Waals surface area contributed by atoms with Gasteiger partial charge in [0, 0.05) is 0 Å². The third-order valence-electron chi connectivity index (χ3n) is 3.97. The highest BCUT2D eigenvalue weighted by Gasteiger charge is 2.60. The van der Waals surface area contributed by atoms with E-state index in [1.54, 1.807) is 0 Å². The van der Waals surface area contributed by atoms with E-state index in [0.717, 1.165) is 6.92 Å². The van der Waals surface area contributed by atoms with Crippen molar-refractivity contribution < 1.29 is 65.0 Å². The van der Waals surface area contributed by atoms with E-state index in [9.17, 15) is 32.9 Å². The fraction of sp³-hybridized carbons (Fsp3) is 0.500. The first kappa shape index (κ1) is 27.7. The number of aliphatic hydroxyl groups excluding tert-OH is 1. The largest absolute Gasteiger partial charge is 0.490 e. The first-order chi connectivity index (χ1) is 14.8. The van der Waals surface area contributed by atoms with Crippen molar-refractivity contribution in [3.05, 3.63) is 22.5 Å². The van der Waals surface area contributed by atoms with Crippen molar-refractivity contribution in [3.8, 4) is 12.3 Å². The van der Waals surface area contributed by atoms with E-state index in [-0.39, 0.29) is 4.57 Å². The molecule has 2 heterocycles. The molecule has 0 saturated carbocycles. The second-order valence-electron chi connectivity index (χ2n) is 6.38. The van der Waals surface area contributed by atoms with Crippen LogP contribution in [0.4, 0.5) is 14.6 Å². The summed E-state index contributed by atoms with van der Waals surface area (Å²) in [5, 5.41) is 10.3. The molecule has 0 aliphatic carbocycles. The van der Waals surface area contributed by atoms with Crippen LogP contribution >= 0.6 is 23.5 Å². The molecule has 0 radical (unpaired) electrons. The number of nitrogen functional groups attached to an aromatic ring is 1. The lowest BCUT2D eigenvalue weighted by atomic mass is 9.95. The predicted molar refractivity (Wildman–Crippen MR) is 99.9 cm³/mol. The average Bonchev–Trinajstić information content (AvgIpc) is 2.87. The number of alkyl halides is 1. The van der Waals surface area contributed by atoms with Gasteiger partial charge in [-0.1, -0.05) is 5.92 Å². The van der Waals surface area contributed by atoms with Gasteiger partial charge in [0.05, 0.1) is 12.3 Å². The number of phosphoric ester groups is 1. The zero-order chi connectivity index (χ0) is 25.6. The minimum Gasteiger partial charge on any atom is -0.386 e. The van der Waals surface area contributed by atoms with Crippen LogP contribution in [-0.4, -0.2) is 58.2 Å². The lowest BCUT2D eigenvalue weighted by molar-refractivity contribution is -0.0783. The van der Waals surface area contributed by atoms with E-state index in [2.05, 4.69) is 18.1 Å². The number of halogens is 2. The van der Waals surface area contributed by atoms with Crippen LogP contribution in [0.3, 0.4) is 0 Å². The first-order valence-corrected chi connectivity index (χ1v) is 12.7. The first-order valence-electron chi connectivity index (χ1n) is 8.18. The summed E-state index contributed by atoms with van der Waals surface area (Å²) in [4.78, 5) is 50.8. The molecule has 16 nitrogen and oxygen atoms in total. The Morgan fingerprint density at radius 3 is 2.39 bits per heavy atom. The van der Waals surface area contributed by atoms with Gasteiger partial charge < -0.3 is 35.2 Å². The molecule has 0 spiro atoms. The summed E-state index contributed by atoms with van der Waals surface area (Å²) in [5.41, 5.74) is 0.530. The van der Waals surface area contributed by atoms with Crippen LogP contribution in [0.2, 0.25) is 0 Å². The van der Waals surface area contributed by atoms with E-state index in [1.165, 1.54) is 5.92 Å². The standard InChI is InChI=1S/C12H16F2N3O13P3/c1-3-12(14)8(18)7(27-10(12)17-4-6(13)9(15)16-11(17)19)5(2)28-32(23,24)30-33(25,26)29-31(20,21)22/h1,4-5,7-8,10,18H,2H3,(H,23,24)(H,25,26)(H2,15,16,19)(H2,20,21,22)/t5-,7-,8+,10-,12?/m1/s1. The molecule has 7 N–H and O–H groups in total. The zero-order valence-corrected chi connectivity index (χ0v) is 18.7. The van der Waals surface area contributed by atoms with Gasteiger partial charge in [-0.2, -0.15) is 13.6 Å². The highest BCUT2D eigenvalue weighted by molar-refractivity contribution is 7.66. The number of hydrogen-bond donors (Lipinski definition) is 6. The van der Waals surface area contributed by atoms with Crippen LogP contribution in [-0.2, 0) is 31.6 Å². The van der Waals surface area contributed by atoms with Gasteiger partial charge in [-0.15, -0.1) is 6.42 Å². The summed E-state index contributed by atoms with van der Waals surface area (Å²) in [5.74, 6) is -0.597. The molecule has 186 valence electrons. The molecule has 0 bridgehead atoms. The number of aliphatic hydroxyl groups is 1. The zero-order valence-electron chi connectivity index (χ0n) is 16.0. The lowest BCUT2D eigenvalue weighted by Crippen LogP contribution is -2.45. The van der Waals surface area contributed by atoms with Gasteiger partial charge in [0.25, 0.3) is 0 Å². The van der Waals surface area contributed by atoms with Crippen molar-refractivity contribution >= 4 is 29.3 Å². The summed E-state index contributed by atoms with van der Waals surface area (Å²) in [7, 11) is -17.2. The summed E-state index contributed by atoms with van der Waals surface area (Å²) in [6.07, 6.45) is -3.09. The quantitative estimate of drug-likeness (QED) is 0.176. The van der Waals surface area contributed by atoms with E-state index in [1.807, 2.05) is 0 Å². The van der Waals surface area contributed by atoms with Crippen LogP contribution in [0, 0.1) is 18.2 Å². The second-order valence-corrected chi connectivity index (χ2v) is 10.7. The Kier molecular flexibility index (Phi) is 7.74. The van der Waals surface area contributed by atoms with Gasteiger partial charge >= 0.3 is 29.2 Å². The van der Waals surface area contributed by atoms with Gasteiger partial charge in [-0.25, -0.2) is 27.3 Å². The van der Waals surface area contributed by atoms with Gasteiger partial charge in [-0.05, 0) is 6.92 Å². The van der Waals surface area contributed by atoms with E-state index < -0.39 is 71.0 Å². The Morgan fingerprint density at radius 2 is 1.88 bits per heavy atom. The highest BCUT2D eigenvalue weighted by atomic mass is 31.3. The molecule has 1 aromatic rings. The van der Waals surface area contributed by atoms with Crippen LogP contribution in [0.5, 0.6) is 0 Å². The number of phosphoric acid groups is 3.